The zero-order valence-corrected chi connectivity index (χ0v) is 25.0. The summed E-state index contributed by atoms with van der Waals surface area (Å²) in [4.78, 5) is 15.9. The average Bonchev–Trinajstić information content (AvgIpc) is 3.35. The fraction of sp³-hybridized carbons (Fsp3) is 0.241. The Labute approximate surface area is 254 Å². The lowest BCUT2D eigenvalue weighted by atomic mass is 9.81. The third-order valence-corrected chi connectivity index (χ3v) is 8.53. The summed E-state index contributed by atoms with van der Waals surface area (Å²) < 4.78 is 36.8. The highest BCUT2D eigenvalue weighted by Crippen LogP contribution is 2.40. The van der Waals surface area contributed by atoms with Crippen LogP contribution >= 0.6 is 46.6 Å². The summed E-state index contributed by atoms with van der Waals surface area (Å²) in [5, 5.41) is 19.5. The Morgan fingerprint density at radius 1 is 1.02 bits per heavy atom. The normalized spacial score (nSPS) is 11.6. The van der Waals surface area contributed by atoms with Crippen LogP contribution in [0.1, 0.15) is 47.4 Å². The van der Waals surface area contributed by atoms with E-state index in [0.29, 0.717) is 33.0 Å². The van der Waals surface area contributed by atoms with Crippen LogP contribution in [-0.2, 0) is 11.2 Å². The van der Waals surface area contributed by atoms with Crippen LogP contribution in [0, 0.1) is 11.6 Å². The molecule has 1 heterocycles. The Kier molecular flexibility index (Phi) is 9.87. The highest BCUT2D eigenvalue weighted by atomic mass is 35.5. The number of carbonyl (C=O) groups is 1. The van der Waals surface area contributed by atoms with Gasteiger partial charge in [-0.3, -0.25) is 4.57 Å². The summed E-state index contributed by atoms with van der Waals surface area (Å²) in [7, 11) is 0. The largest absolute Gasteiger partial charge is 0.490 e. The topological polar surface area (TPSA) is 84.6 Å². The number of nitrogens with zero attached hydrogens (tertiary/aromatic N) is 2. The second-order valence-electron chi connectivity index (χ2n) is 9.57. The van der Waals surface area contributed by atoms with Crippen molar-refractivity contribution in [2.45, 2.75) is 36.6 Å². The van der Waals surface area contributed by atoms with Crippen LogP contribution in [0.5, 0.6) is 5.75 Å². The van der Waals surface area contributed by atoms with Crippen LogP contribution in [0.3, 0.4) is 0 Å². The van der Waals surface area contributed by atoms with E-state index in [9.17, 15) is 18.7 Å². The quantitative estimate of drug-likeness (QED) is 0.127. The Morgan fingerprint density at radius 2 is 1.78 bits per heavy atom. The molecule has 0 saturated carbocycles. The molecule has 0 radical (unpaired) electrons. The van der Waals surface area contributed by atoms with Crippen molar-refractivity contribution in [1.82, 2.24) is 9.55 Å². The predicted molar refractivity (Wildman–Crippen MR) is 157 cm³/mol. The predicted octanol–water partition coefficient (Wildman–Crippen LogP) is 8.19. The van der Waals surface area contributed by atoms with Crippen molar-refractivity contribution in [2.24, 2.45) is 0 Å². The van der Waals surface area contributed by atoms with Crippen molar-refractivity contribution in [3.63, 3.8) is 0 Å². The lowest BCUT2D eigenvalue weighted by Gasteiger charge is -2.28. The molecular formula is C29H25Cl3F2N2O4S. The molecule has 0 aliphatic rings. The molecule has 0 aliphatic carbocycles. The highest BCUT2D eigenvalue weighted by molar-refractivity contribution is 7.98. The zero-order valence-electron chi connectivity index (χ0n) is 21.9. The highest BCUT2D eigenvalue weighted by Gasteiger charge is 2.30. The van der Waals surface area contributed by atoms with Gasteiger partial charge in [-0.25, -0.2) is 18.6 Å². The summed E-state index contributed by atoms with van der Waals surface area (Å²) in [6.45, 7) is 3.96. The van der Waals surface area contributed by atoms with Gasteiger partial charge >= 0.3 is 5.97 Å². The molecule has 41 heavy (non-hydrogen) atoms. The molecule has 0 bridgehead atoms. The second kappa shape index (κ2) is 13.0. The molecule has 3 aromatic carbocycles. The van der Waals surface area contributed by atoms with Crippen LogP contribution in [0.4, 0.5) is 8.78 Å². The van der Waals surface area contributed by atoms with Gasteiger partial charge in [-0.15, -0.1) is 0 Å². The Bertz CT molecular complexity index is 1570. The van der Waals surface area contributed by atoms with Crippen LogP contribution in [0.25, 0.3) is 5.69 Å². The van der Waals surface area contributed by atoms with Gasteiger partial charge in [0.05, 0.1) is 39.8 Å². The maximum absolute atomic E-state index is 14.8. The van der Waals surface area contributed by atoms with Crippen molar-refractivity contribution >= 4 is 52.5 Å². The van der Waals surface area contributed by atoms with E-state index in [1.165, 1.54) is 30.0 Å². The number of carboxylic acids is 1. The molecular weight excluding hydrogens is 617 g/mol. The average molecular weight is 642 g/mol. The summed E-state index contributed by atoms with van der Waals surface area (Å²) in [6, 6.07) is 11.8. The van der Waals surface area contributed by atoms with Crippen molar-refractivity contribution in [3.05, 3.63) is 104 Å². The molecule has 0 amide bonds. The summed E-state index contributed by atoms with van der Waals surface area (Å²) in [6.07, 6.45) is 2.00. The van der Waals surface area contributed by atoms with Crippen molar-refractivity contribution < 1.29 is 28.5 Å². The minimum Gasteiger partial charge on any atom is -0.490 e. The van der Waals surface area contributed by atoms with Crippen LogP contribution in [0.15, 0.2) is 59.9 Å². The number of rotatable bonds is 11. The van der Waals surface area contributed by atoms with E-state index in [0.717, 1.165) is 11.6 Å². The fourth-order valence-electron chi connectivity index (χ4n) is 4.15. The van der Waals surface area contributed by atoms with E-state index < -0.39 is 23.0 Å². The fourth-order valence-corrected chi connectivity index (χ4v) is 5.83. The summed E-state index contributed by atoms with van der Waals surface area (Å²) >= 11 is 19.9. The van der Waals surface area contributed by atoms with Gasteiger partial charge in [0, 0.05) is 40.8 Å². The third kappa shape index (κ3) is 6.81. The van der Waals surface area contributed by atoms with Gasteiger partial charge in [0.25, 0.3) is 0 Å². The van der Waals surface area contributed by atoms with E-state index in [-0.39, 0.29) is 40.9 Å². The van der Waals surface area contributed by atoms with Crippen molar-refractivity contribution in [2.75, 3.05) is 13.2 Å². The number of imidazole rings is 1. The van der Waals surface area contributed by atoms with E-state index in [1.54, 1.807) is 24.4 Å². The number of aliphatic hydroxyl groups excluding tert-OH is 1. The van der Waals surface area contributed by atoms with Gasteiger partial charge in [-0.1, -0.05) is 66.5 Å². The van der Waals surface area contributed by atoms with Crippen molar-refractivity contribution in [3.8, 4) is 11.4 Å². The van der Waals surface area contributed by atoms with E-state index >= 15 is 0 Å². The van der Waals surface area contributed by atoms with E-state index in [2.05, 4.69) is 4.98 Å². The molecule has 4 aromatic rings. The first-order valence-corrected chi connectivity index (χ1v) is 14.5. The summed E-state index contributed by atoms with van der Waals surface area (Å²) in [5.74, 6) is -2.58. The lowest BCUT2D eigenvalue weighted by Crippen LogP contribution is -2.23. The minimum absolute atomic E-state index is 0.00255. The lowest BCUT2D eigenvalue weighted by molar-refractivity contribution is 0.0696. The van der Waals surface area contributed by atoms with Crippen LogP contribution in [0.2, 0.25) is 15.1 Å². The number of thioether (sulfide) groups is 1. The second-order valence-corrected chi connectivity index (χ2v) is 11.7. The molecule has 6 nitrogen and oxygen atoms in total. The summed E-state index contributed by atoms with van der Waals surface area (Å²) in [5.41, 5.74) is 1.25. The van der Waals surface area contributed by atoms with Crippen LogP contribution < -0.4 is 4.74 Å². The first kappa shape index (κ1) is 31.1. The molecule has 12 heteroatoms. The molecule has 0 saturated heterocycles. The van der Waals surface area contributed by atoms with Gasteiger partial charge in [0.2, 0.25) is 0 Å². The van der Waals surface area contributed by atoms with Gasteiger partial charge in [-0.2, -0.15) is 0 Å². The zero-order chi connectivity index (χ0) is 29.9. The maximum Gasteiger partial charge on any atom is 0.335 e. The standard InChI is InChI=1S/C29H25Cl3F2N2O4S/c1-29(2,17-4-6-20(30)22(32)12-17)26-14-35-28(41-15-19-21(31)10-16(27(38)39)11-24(19)34)36(26)18-5-7-23(33)25(13-18)40-9-3-8-37/h4-7,10-14,37H,3,8-9,15H2,1-2H3,(H,38,39). The minimum atomic E-state index is -1.29. The number of aliphatic hydroxyl groups is 1. The molecule has 0 aliphatic heterocycles. The molecule has 4 rings (SSSR count). The number of carboxylic acid groups (broad SMARTS) is 1. The Balaban J connectivity index is 1.80. The molecule has 0 spiro atoms. The molecule has 216 valence electrons. The first-order chi connectivity index (χ1) is 19.4. The molecule has 0 fully saturated rings. The molecule has 1 aromatic heterocycles. The number of halogens is 5. The Morgan fingerprint density at radius 3 is 2.44 bits per heavy atom. The van der Waals surface area contributed by atoms with E-state index in [4.69, 9.17) is 44.6 Å². The first-order valence-electron chi connectivity index (χ1n) is 12.4. The van der Waals surface area contributed by atoms with Gasteiger partial charge < -0.3 is 14.9 Å². The number of hydrogen-bond donors (Lipinski definition) is 2. The molecule has 2 N–H and O–H groups in total. The van der Waals surface area contributed by atoms with Gasteiger partial charge in [-0.05, 0) is 42.0 Å². The maximum atomic E-state index is 14.8. The SMILES string of the molecule is CC(C)(c1ccc(Cl)c(Cl)c1)c1cnc(SCc2c(F)cc(C(=O)O)cc2Cl)n1-c1ccc(F)c(OCCCO)c1. The van der Waals surface area contributed by atoms with Crippen molar-refractivity contribution in [1.29, 1.82) is 0 Å². The molecule has 0 unspecified atom stereocenters. The van der Waals surface area contributed by atoms with E-state index in [1.807, 2.05) is 24.5 Å². The number of ether oxygens (including phenoxy) is 1. The number of hydrogen-bond acceptors (Lipinski definition) is 5. The smallest absolute Gasteiger partial charge is 0.335 e. The monoisotopic (exact) mass is 640 g/mol. The molecule has 0 atom stereocenters. The number of aromatic nitrogens is 2. The van der Waals surface area contributed by atoms with Gasteiger partial charge in [0.15, 0.2) is 16.7 Å². The number of aromatic carboxylic acids is 1. The third-order valence-electron chi connectivity index (χ3n) is 6.48. The Hall–Kier alpha value is -2.82. The number of benzene rings is 3. The van der Waals surface area contributed by atoms with Crippen LogP contribution in [-0.4, -0.2) is 38.9 Å². The van der Waals surface area contributed by atoms with Gasteiger partial charge in [0.1, 0.15) is 5.82 Å².